The molecule has 2 aliphatic rings. The van der Waals surface area contributed by atoms with Crippen LogP contribution >= 0.6 is 0 Å². The number of likely N-dealkylation sites (tertiary alicyclic amines) is 1. The standard InChI is InChI=1S/C30H38F4N4O3/c1-29(2,3)19-6-7-24(23(32)13-19)38(28(40)25-14-22(41-5)17-37(25)4)26(18-12-20(31)16-35-15-18)27(39)36-21-8-10-30(33,34)11-9-21/h6-7,12-13,15-16,21-22,25-26H,8-11,14,17H2,1-5H3,(H,36,39). The number of carbonyl (C=O) groups is 2. The molecule has 1 aromatic heterocycles. The van der Waals surface area contributed by atoms with Gasteiger partial charge in [0.2, 0.25) is 17.7 Å². The van der Waals surface area contributed by atoms with E-state index in [9.17, 15) is 22.8 Å². The van der Waals surface area contributed by atoms with Gasteiger partial charge in [-0.3, -0.25) is 24.4 Å². The summed E-state index contributed by atoms with van der Waals surface area (Å²) in [5.74, 6) is -5.59. The highest BCUT2D eigenvalue weighted by atomic mass is 19.3. The smallest absolute Gasteiger partial charge is 0.248 e. The van der Waals surface area contributed by atoms with Crippen molar-refractivity contribution in [3.8, 4) is 0 Å². The first-order valence-corrected chi connectivity index (χ1v) is 13.8. The first-order chi connectivity index (χ1) is 19.2. The van der Waals surface area contributed by atoms with Gasteiger partial charge in [-0.05, 0) is 55.5 Å². The number of methoxy groups -OCH3 is 1. The molecular weight excluding hydrogens is 540 g/mol. The Morgan fingerprint density at radius 2 is 1.83 bits per heavy atom. The number of nitrogens with one attached hydrogen (secondary N) is 1. The molecule has 2 fully saturated rings. The van der Waals surface area contributed by atoms with Crippen molar-refractivity contribution in [3.05, 3.63) is 59.4 Å². The van der Waals surface area contributed by atoms with Crippen molar-refractivity contribution >= 4 is 17.5 Å². The van der Waals surface area contributed by atoms with E-state index < -0.39 is 52.9 Å². The highest BCUT2D eigenvalue weighted by molar-refractivity contribution is 6.04. The number of anilines is 1. The summed E-state index contributed by atoms with van der Waals surface area (Å²) in [6, 6.07) is 2.69. The van der Waals surface area contributed by atoms with E-state index in [1.807, 2.05) is 20.8 Å². The van der Waals surface area contributed by atoms with Gasteiger partial charge in [0.1, 0.15) is 17.7 Å². The van der Waals surface area contributed by atoms with Crippen molar-refractivity contribution in [2.24, 2.45) is 0 Å². The highest BCUT2D eigenvalue weighted by Gasteiger charge is 2.44. The Bertz CT molecular complexity index is 1260. The molecular formula is C30H38F4N4O3. The number of hydrogen-bond donors (Lipinski definition) is 1. The summed E-state index contributed by atoms with van der Waals surface area (Å²) in [5.41, 5.74) is 0.162. The van der Waals surface area contributed by atoms with Gasteiger partial charge in [0, 0.05) is 44.3 Å². The van der Waals surface area contributed by atoms with Gasteiger partial charge < -0.3 is 10.1 Å². The van der Waals surface area contributed by atoms with Crippen LogP contribution in [0, 0.1) is 11.6 Å². The first kappa shape index (κ1) is 30.9. The van der Waals surface area contributed by atoms with Gasteiger partial charge in [0.15, 0.2) is 0 Å². The van der Waals surface area contributed by atoms with Crippen LogP contribution in [0.3, 0.4) is 0 Å². The molecule has 4 rings (SSSR count). The van der Waals surface area contributed by atoms with Crippen molar-refractivity contribution in [1.29, 1.82) is 0 Å². The van der Waals surface area contributed by atoms with Crippen LogP contribution in [0.5, 0.6) is 0 Å². The second kappa shape index (κ2) is 12.1. The number of aromatic nitrogens is 1. The Hall–Kier alpha value is -3.05. The summed E-state index contributed by atoms with van der Waals surface area (Å²) >= 11 is 0. The molecule has 1 aromatic carbocycles. The largest absolute Gasteiger partial charge is 0.380 e. The van der Waals surface area contributed by atoms with Crippen LogP contribution in [0.4, 0.5) is 23.2 Å². The molecule has 0 bridgehead atoms. The lowest BCUT2D eigenvalue weighted by Gasteiger charge is -2.36. The number of halogens is 4. The minimum Gasteiger partial charge on any atom is -0.380 e. The van der Waals surface area contributed by atoms with Gasteiger partial charge in [0.25, 0.3) is 0 Å². The van der Waals surface area contributed by atoms with Crippen molar-refractivity contribution in [1.82, 2.24) is 15.2 Å². The lowest BCUT2D eigenvalue weighted by molar-refractivity contribution is -0.129. The predicted molar refractivity (Wildman–Crippen MR) is 147 cm³/mol. The van der Waals surface area contributed by atoms with E-state index in [4.69, 9.17) is 4.74 Å². The summed E-state index contributed by atoms with van der Waals surface area (Å²) in [6.07, 6.45) is 1.56. The molecule has 1 saturated carbocycles. The molecule has 0 spiro atoms. The Kier molecular flexibility index (Phi) is 9.08. The van der Waals surface area contributed by atoms with E-state index in [2.05, 4.69) is 10.3 Å². The van der Waals surface area contributed by atoms with Crippen molar-refractivity contribution < 1.29 is 31.9 Å². The molecule has 2 aromatic rings. The van der Waals surface area contributed by atoms with Crippen LogP contribution in [0.15, 0.2) is 36.7 Å². The fourth-order valence-corrected chi connectivity index (χ4v) is 5.59. The monoisotopic (exact) mass is 578 g/mol. The molecule has 2 amide bonds. The van der Waals surface area contributed by atoms with Gasteiger partial charge in [-0.25, -0.2) is 17.6 Å². The zero-order chi connectivity index (χ0) is 30.1. The van der Waals surface area contributed by atoms with Crippen LogP contribution in [-0.2, 0) is 19.7 Å². The molecule has 41 heavy (non-hydrogen) atoms. The van der Waals surface area contributed by atoms with Crippen LogP contribution < -0.4 is 10.2 Å². The third-order valence-electron chi connectivity index (χ3n) is 8.05. The maximum atomic E-state index is 15.9. The molecule has 224 valence electrons. The maximum absolute atomic E-state index is 15.9. The van der Waals surface area contributed by atoms with Gasteiger partial charge in [0.05, 0.1) is 24.0 Å². The van der Waals surface area contributed by atoms with Crippen LogP contribution in [-0.4, -0.2) is 66.5 Å². The summed E-state index contributed by atoms with van der Waals surface area (Å²) in [7, 11) is 3.27. The van der Waals surface area contributed by atoms with Gasteiger partial charge in [-0.15, -0.1) is 0 Å². The quantitative estimate of drug-likeness (QED) is 0.461. The zero-order valence-corrected chi connectivity index (χ0v) is 24.1. The van der Waals surface area contributed by atoms with E-state index >= 15 is 4.39 Å². The second-order valence-corrected chi connectivity index (χ2v) is 12.2. The summed E-state index contributed by atoms with van der Waals surface area (Å²) in [5, 5.41) is 2.78. The zero-order valence-electron chi connectivity index (χ0n) is 24.1. The van der Waals surface area contributed by atoms with Crippen LogP contribution in [0.2, 0.25) is 0 Å². The fourth-order valence-electron chi connectivity index (χ4n) is 5.59. The molecule has 0 radical (unpaired) electrons. The average molecular weight is 579 g/mol. The number of carbonyl (C=O) groups excluding carboxylic acids is 2. The number of likely N-dealkylation sites (N-methyl/N-ethyl adjacent to an activating group) is 1. The molecule has 3 atom stereocenters. The van der Waals surface area contributed by atoms with Gasteiger partial charge in [-0.1, -0.05) is 26.8 Å². The topological polar surface area (TPSA) is 74.8 Å². The number of benzene rings is 1. The Morgan fingerprint density at radius 3 is 2.39 bits per heavy atom. The molecule has 1 aliphatic heterocycles. The number of alkyl halides is 2. The number of amides is 2. The molecule has 7 nitrogen and oxygen atoms in total. The van der Waals surface area contributed by atoms with Gasteiger partial charge >= 0.3 is 0 Å². The lowest BCUT2D eigenvalue weighted by Crippen LogP contribution is -2.52. The average Bonchev–Trinajstić information content (AvgIpc) is 3.28. The van der Waals surface area contributed by atoms with E-state index in [1.54, 1.807) is 18.0 Å². The Morgan fingerprint density at radius 1 is 1.15 bits per heavy atom. The summed E-state index contributed by atoms with van der Waals surface area (Å²) < 4.78 is 63.4. The molecule has 11 heteroatoms. The fraction of sp³-hybridized carbons (Fsp3) is 0.567. The summed E-state index contributed by atoms with van der Waals surface area (Å²) in [4.78, 5) is 35.0. The highest BCUT2D eigenvalue weighted by Crippen LogP contribution is 2.37. The van der Waals surface area contributed by atoms with Gasteiger partial charge in [-0.2, -0.15) is 0 Å². The SMILES string of the molecule is COC1CC(C(=O)N(c2ccc(C(C)(C)C)cc2F)C(C(=O)NC2CCC(F)(F)CC2)c2cncc(F)c2)N(C)C1. The predicted octanol–water partition coefficient (Wildman–Crippen LogP) is 5.14. The number of rotatable bonds is 7. The van der Waals surface area contributed by atoms with E-state index in [-0.39, 0.29) is 43.0 Å². The molecule has 1 aliphatic carbocycles. The third kappa shape index (κ3) is 7.06. The normalized spacial score (nSPS) is 22.4. The number of nitrogens with zero attached hydrogens (tertiary/aromatic N) is 3. The molecule has 3 unspecified atom stereocenters. The maximum Gasteiger partial charge on any atom is 0.248 e. The Labute approximate surface area is 238 Å². The number of hydrogen-bond acceptors (Lipinski definition) is 5. The summed E-state index contributed by atoms with van der Waals surface area (Å²) in [6.45, 7) is 6.21. The van der Waals surface area contributed by atoms with Crippen molar-refractivity contribution in [3.63, 3.8) is 0 Å². The van der Waals surface area contributed by atoms with E-state index in [0.29, 0.717) is 18.5 Å². The second-order valence-electron chi connectivity index (χ2n) is 12.2. The molecule has 1 N–H and O–H groups in total. The minimum atomic E-state index is -2.81. The minimum absolute atomic E-state index is 0.0280. The Balaban J connectivity index is 1.81. The lowest BCUT2D eigenvalue weighted by atomic mass is 9.86. The van der Waals surface area contributed by atoms with Crippen molar-refractivity contribution in [2.45, 2.75) is 88.4 Å². The van der Waals surface area contributed by atoms with Crippen LogP contribution in [0.25, 0.3) is 0 Å². The van der Waals surface area contributed by atoms with E-state index in [1.165, 1.54) is 25.4 Å². The van der Waals surface area contributed by atoms with Crippen LogP contribution in [0.1, 0.15) is 70.0 Å². The number of pyridine rings is 1. The molecule has 1 saturated heterocycles. The third-order valence-corrected chi connectivity index (χ3v) is 8.05. The van der Waals surface area contributed by atoms with E-state index in [0.717, 1.165) is 17.2 Å². The molecule has 2 heterocycles. The van der Waals surface area contributed by atoms with Crippen molar-refractivity contribution in [2.75, 3.05) is 25.6 Å². The number of ether oxygens (including phenoxy) is 1. The first-order valence-electron chi connectivity index (χ1n) is 13.8.